The van der Waals surface area contributed by atoms with Crippen molar-refractivity contribution in [3.05, 3.63) is 99.9 Å². The predicted molar refractivity (Wildman–Crippen MR) is 228 cm³/mol. The molecular formula is C44H55N7O6S. The van der Waals surface area contributed by atoms with Crippen LogP contribution in [0.4, 0.5) is 17.1 Å². The number of aromatic amines is 1. The lowest BCUT2D eigenvalue weighted by molar-refractivity contribution is -0.384. The Morgan fingerprint density at radius 3 is 2.59 bits per heavy atom. The second-order valence-electron chi connectivity index (χ2n) is 16.8. The van der Waals surface area contributed by atoms with Crippen LogP contribution in [-0.4, -0.2) is 72.9 Å². The summed E-state index contributed by atoms with van der Waals surface area (Å²) in [5.41, 5.74) is 5.90. The molecule has 4 aromatic rings. The van der Waals surface area contributed by atoms with Gasteiger partial charge < -0.3 is 19.9 Å². The quantitative estimate of drug-likeness (QED) is 0.0827. The topological polar surface area (TPSA) is 163 Å². The number of anilines is 2. The van der Waals surface area contributed by atoms with E-state index in [4.69, 9.17) is 4.74 Å². The lowest BCUT2D eigenvalue weighted by atomic mass is 9.72. The highest BCUT2D eigenvalue weighted by Crippen LogP contribution is 2.42. The van der Waals surface area contributed by atoms with Crippen molar-refractivity contribution >= 4 is 44.0 Å². The third-order valence-electron chi connectivity index (χ3n) is 11.8. The summed E-state index contributed by atoms with van der Waals surface area (Å²) in [7, 11) is -4.52. The SMILES string of the molecule is C=C(CCC)C1=C(CN2CCN(c3ccc(C(=O)NS(=O)(=O)c4ccc(NC5CCCCC5)c([N+](=O)[O-])c4)c(Oc4cnc5[nH]ccc5c4)c3)CC2)CCC(C)(C)C1. The lowest BCUT2D eigenvalue weighted by Gasteiger charge is -2.39. The second kappa shape index (κ2) is 17.3. The van der Waals surface area contributed by atoms with Crippen LogP contribution in [0.5, 0.6) is 11.5 Å². The molecule has 0 atom stereocenters. The molecule has 2 aromatic carbocycles. The first kappa shape index (κ1) is 41.0. The molecule has 3 N–H and O–H groups in total. The van der Waals surface area contributed by atoms with Crippen LogP contribution in [0.1, 0.15) is 95.3 Å². The van der Waals surface area contributed by atoms with E-state index in [0.29, 0.717) is 11.4 Å². The van der Waals surface area contributed by atoms with Gasteiger partial charge >= 0.3 is 0 Å². The summed E-state index contributed by atoms with van der Waals surface area (Å²) in [4.78, 5) is 37.2. The summed E-state index contributed by atoms with van der Waals surface area (Å²) in [6.07, 6.45) is 13.7. The molecule has 3 aliphatic rings. The van der Waals surface area contributed by atoms with Crippen molar-refractivity contribution in [2.75, 3.05) is 42.9 Å². The number of sulfonamides is 1. The number of aromatic nitrogens is 2. The second-order valence-corrected chi connectivity index (χ2v) is 18.4. The van der Waals surface area contributed by atoms with Gasteiger partial charge in [-0.15, -0.1) is 0 Å². The van der Waals surface area contributed by atoms with Gasteiger partial charge in [0.05, 0.1) is 21.6 Å². The Kier molecular flexibility index (Phi) is 12.2. The number of piperazine rings is 1. The Hall–Kier alpha value is -5.21. The number of hydrogen-bond donors (Lipinski definition) is 3. The molecule has 1 amide bonds. The maximum atomic E-state index is 13.9. The Labute approximate surface area is 341 Å². The van der Waals surface area contributed by atoms with Gasteiger partial charge in [-0.25, -0.2) is 18.1 Å². The van der Waals surface area contributed by atoms with Crippen LogP contribution in [0.3, 0.4) is 0 Å². The van der Waals surface area contributed by atoms with E-state index in [9.17, 15) is 23.3 Å². The monoisotopic (exact) mass is 809 g/mol. The Morgan fingerprint density at radius 1 is 1.07 bits per heavy atom. The molecule has 7 rings (SSSR count). The number of carbonyl (C=O) groups excluding carboxylic acids is 1. The highest BCUT2D eigenvalue weighted by atomic mass is 32.2. The van der Waals surface area contributed by atoms with Crippen LogP contribution in [0.15, 0.2) is 89.1 Å². The standard InChI is InChI=1S/C44H55N7O6S/c1-5-9-30(2)38-27-44(3,4)18-16-32(38)29-49-20-22-50(23-21-49)34-12-14-37(41(25-34)57-35-24-31-17-19-45-42(31)46-28-35)43(52)48-58(55,56)36-13-15-39(40(26-36)51(53)54)47-33-10-7-6-8-11-33/h12-15,17,19,24-26,28,33,47H,2,5-11,16,18,20-23,27,29H2,1,3-4H3,(H,45,46)(H,48,52). The fraction of sp³-hybridized carbons (Fsp3) is 0.455. The number of fused-ring (bicyclic) bond motifs is 1. The maximum Gasteiger partial charge on any atom is 0.293 e. The Balaban J connectivity index is 1.10. The van der Waals surface area contributed by atoms with Crippen molar-refractivity contribution in [1.82, 2.24) is 19.6 Å². The zero-order chi connectivity index (χ0) is 41.0. The molecule has 1 saturated carbocycles. The first-order valence-electron chi connectivity index (χ1n) is 20.5. The molecule has 0 unspecified atom stereocenters. The average molecular weight is 810 g/mol. The summed E-state index contributed by atoms with van der Waals surface area (Å²) in [5.74, 6) is -0.415. The molecule has 0 spiro atoms. The van der Waals surface area contributed by atoms with Gasteiger partial charge in [0.15, 0.2) is 0 Å². The van der Waals surface area contributed by atoms with Gasteiger partial charge in [0.25, 0.3) is 21.6 Å². The van der Waals surface area contributed by atoms with Crippen LogP contribution in [0, 0.1) is 15.5 Å². The summed E-state index contributed by atoms with van der Waals surface area (Å²) in [6, 6.07) is 12.5. The number of hydrogen-bond acceptors (Lipinski definition) is 10. The zero-order valence-electron chi connectivity index (χ0n) is 33.8. The number of nitro groups is 1. The molecule has 3 heterocycles. The minimum atomic E-state index is -4.52. The van der Waals surface area contributed by atoms with Gasteiger partial charge in [-0.1, -0.05) is 64.2 Å². The number of carbonyl (C=O) groups is 1. The van der Waals surface area contributed by atoms with Gasteiger partial charge in [0.2, 0.25) is 0 Å². The molecule has 1 aliphatic heterocycles. The molecule has 13 nitrogen and oxygen atoms in total. The number of pyridine rings is 1. The highest BCUT2D eigenvalue weighted by Gasteiger charge is 2.31. The van der Waals surface area contributed by atoms with Crippen LogP contribution >= 0.6 is 0 Å². The van der Waals surface area contributed by atoms with Gasteiger partial charge in [0.1, 0.15) is 22.8 Å². The summed E-state index contributed by atoms with van der Waals surface area (Å²) in [5, 5.41) is 16.1. The minimum absolute atomic E-state index is 0.0165. The van der Waals surface area contributed by atoms with E-state index in [1.54, 1.807) is 30.5 Å². The van der Waals surface area contributed by atoms with Crippen molar-refractivity contribution < 1.29 is 22.9 Å². The zero-order valence-corrected chi connectivity index (χ0v) is 34.6. The largest absolute Gasteiger partial charge is 0.455 e. The van der Waals surface area contributed by atoms with E-state index in [1.165, 1.54) is 41.5 Å². The average Bonchev–Trinajstić information content (AvgIpc) is 3.67. The van der Waals surface area contributed by atoms with Crippen molar-refractivity contribution in [2.45, 2.75) is 95.9 Å². The fourth-order valence-electron chi connectivity index (χ4n) is 8.51. The van der Waals surface area contributed by atoms with E-state index in [2.05, 4.69) is 57.2 Å². The first-order valence-corrected chi connectivity index (χ1v) is 22.0. The van der Waals surface area contributed by atoms with Crippen molar-refractivity contribution in [2.24, 2.45) is 5.41 Å². The van der Waals surface area contributed by atoms with Gasteiger partial charge in [-0.3, -0.25) is 19.8 Å². The number of benzene rings is 2. The smallest absolute Gasteiger partial charge is 0.293 e. The third-order valence-corrected chi connectivity index (χ3v) is 13.1. The predicted octanol–water partition coefficient (Wildman–Crippen LogP) is 9.11. The number of ether oxygens (including phenoxy) is 1. The van der Waals surface area contributed by atoms with Crippen molar-refractivity contribution in [1.29, 1.82) is 0 Å². The van der Waals surface area contributed by atoms with Gasteiger partial charge in [-0.2, -0.15) is 0 Å². The fourth-order valence-corrected chi connectivity index (χ4v) is 9.49. The molecule has 58 heavy (non-hydrogen) atoms. The summed E-state index contributed by atoms with van der Waals surface area (Å²) >= 11 is 0. The lowest BCUT2D eigenvalue weighted by Crippen LogP contribution is -2.47. The van der Waals surface area contributed by atoms with Gasteiger partial charge in [-0.05, 0) is 85.9 Å². The van der Waals surface area contributed by atoms with E-state index >= 15 is 0 Å². The van der Waals surface area contributed by atoms with Crippen molar-refractivity contribution in [3.8, 4) is 11.5 Å². The van der Waals surface area contributed by atoms with E-state index in [-0.39, 0.29) is 34.1 Å². The van der Waals surface area contributed by atoms with E-state index in [0.717, 1.165) is 108 Å². The number of amides is 1. The first-order chi connectivity index (χ1) is 27.8. The maximum absolute atomic E-state index is 13.9. The summed E-state index contributed by atoms with van der Waals surface area (Å²) < 4.78 is 35.7. The molecule has 1 saturated heterocycles. The van der Waals surface area contributed by atoms with Crippen LogP contribution < -0.4 is 19.7 Å². The minimum Gasteiger partial charge on any atom is -0.455 e. The number of nitro benzene ring substituents is 1. The molecule has 308 valence electrons. The molecule has 14 heteroatoms. The number of rotatable bonds is 14. The third kappa shape index (κ3) is 9.56. The van der Waals surface area contributed by atoms with E-state index in [1.807, 2.05) is 6.07 Å². The van der Waals surface area contributed by atoms with Crippen LogP contribution in [0.25, 0.3) is 11.0 Å². The molecule has 2 fully saturated rings. The molecule has 0 bridgehead atoms. The summed E-state index contributed by atoms with van der Waals surface area (Å²) in [6.45, 7) is 15.5. The Morgan fingerprint density at radius 2 is 1.84 bits per heavy atom. The van der Waals surface area contributed by atoms with Crippen molar-refractivity contribution in [3.63, 3.8) is 0 Å². The number of allylic oxidation sites excluding steroid dienone is 2. The molecule has 2 aromatic heterocycles. The number of nitrogens with zero attached hydrogens (tertiary/aromatic N) is 4. The van der Waals surface area contributed by atoms with Crippen LogP contribution in [-0.2, 0) is 10.0 Å². The van der Waals surface area contributed by atoms with Crippen LogP contribution in [0.2, 0.25) is 0 Å². The number of H-pyrrole nitrogens is 1. The highest BCUT2D eigenvalue weighted by molar-refractivity contribution is 7.90. The van der Waals surface area contributed by atoms with Gasteiger partial charge in [0, 0.05) is 68.2 Å². The Bertz CT molecular complexity index is 2320. The molecule has 2 aliphatic carbocycles. The normalized spacial score (nSPS) is 17.9. The number of nitrogens with one attached hydrogen (secondary N) is 3. The van der Waals surface area contributed by atoms with E-state index < -0.39 is 25.7 Å². The molecule has 0 radical (unpaired) electrons. The molecular weight excluding hydrogens is 755 g/mol.